The van der Waals surface area contributed by atoms with Crippen LogP contribution in [0.1, 0.15) is 27.4 Å². The van der Waals surface area contributed by atoms with Crippen molar-refractivity contribution >= 4 is 75.4 Å². The summed E-state index contributed by atoms with van der Waals surface area (Å²) in [7, 11) is 1.50. The minimum Gasteiger partial charge on any atom is -0.481 e. The molecule has 0 bridgehead atoms. The second kappa shape index (κ2) is 9.92. The van der Waals surface area contributed by atoms with Crippen molar-refractivity contribution in [2.24, 2.45) is 5.92 Å². The number of Topliss-reactive ketones (excluding diaryl/α,β-unsaturated/α-hetero) is 1. The summed E-state index contributed by atoms with van der Waals surface area (Å²) < 4.78 is 3.78. The van der Waals surface area contributed by atoms with E-state index in [4.69, 9.17) is 62.7 Å². The molecule has 1 aliphatic rings. The van der Waals surface area contributed by atoms with Crippen molar-refractivity contribution in [3.05, 3.63) is 86.5 Å². The number of anilines is 1. The number of nitrogens with zero attached hydrogens (tertiary/aromatic N) is 1. The van der Waals surface area contributed by atoms with Gasteiger partial charge in [0.2, 0.25) is 11.8 Å². The lowest BCUT2D eigenvalue weighted by Crippen LogP contribution is -2.17. The number of amides is 1. The van der Waals surface area contributed by atoms with Gasteiger partial charge in [-0.1, -0.05) is 34.8 Å². The van der Waals surface area contributed by atoms with Gasteiger partial charge in [-0.25, -0.2) is 4.98 Å². The van der Waals surface area contributed by atoms with Crippen molar-refractivity contribution < 1.29 is 14.3 Å². The van der Waals surface area contributed by atoms with Crippen LogP contribution in [0.3, 0.4) is 0 Å². The van der Waals surface area contributed by atoms with E-state index in [0.29, 0.717) is 27.2 Å². The Morgan fingerprint density at radius 3 is 2.41 bits per heavy atom. The number of ether oxygens (including phenoxy) is 1. The first-order chi connectivity index (χ1) is 16.1. The zero-order chi connectivity index (χ0) is 24.6. The highest BCUT2D eigenvalue weighted by molar-refractivity contribution is 6.53. The largest absolute Gasteiger partial charge is 0.481 e. The lowest BCUT2D eigenvalue weighted by atomic mass is 10.0. The summed E-state index contributed by atoms with van der Waals surface area (Å²) in [6, 6.07) is 13.0. The number of carbonyl (C=O) groups excluding carboxylic acids is 2. The smallest absolute Gasteiger partial charge is 0.231 e. The molecule has 1 N–H and O–H groups in total. The predicted octanol–water partition coefficient (Wildman–Crippen LogP) is 7.00. The Morgan fingerprint density at radius 1 is 1.03 bits per heavy atom. The summed E-state index contributed by atoms with van der Waals surface area (Å²) in [5.41, 5.74) is 2.05. The average molecular weight is 559 g/mol. The fourth-order valence-electron chi connectivity index (χ4n) is 3.81. The Kier molecular flexibility index (Phi) is 7.32. The SMILES string of the molecule is COc1cc(CC(=O)c2cc(NC(=O)C3C(c4cc(Cl)cc(Cl)c4)C3(Cl)Cl)ccc2Cl)ccn1. The minimum absolute atomic E-state index is 0.0860. The molecule has 1 fully saturated rings. The summed E-state index contributed by atoms with van der Waals surface area (Å²) in [6.45, 7) is 0. The molecule has 1 aromatic heterocycles. The van der Waals surface area contributed by atoms with Crippen LogP contribution in [0.2, 0.25) is 15.1 Å². The molecule has 10 heteroatoms. The van der Waals surface area contributed by atoms with E-state index in [0.717, 1.165) is 5.56 Å². The van der Waals surface area contributed by atoms with Gasteiger partial charge in [-0.3, -0.25) is 9.59 Å². The van der Waals surface area contributed by atoms with Gasteiger partial charge in [0.1, 0.15) is 4.33 Å². The van der Waals surface area contributed by atoms with Gasteiger partial charge in [0.05, 0.1) is 18.1 Å². The molecule has 1 aliphatic carbocycles. The molecule has 0 aliphatic heterocycles. The Bertz CT molecular complexity index is 1260. The van der Waals surface area contributed by atoms with Crippen molar-refractivity contribution in [3.63, 3.8) is 0 Å². The number of ketones is 1. The number of benzene rings is 2. The van der Waals surface area contributed by atoms with Crippen LogP contribution in [0.15, 0.2) is 54.7 Å². The van der Waals surface area contributed by atoms with Gasteiger partial charge in [-0.2, -0.15) is 0 Å². The summed E-state index contributed by atoms with van der Waals surface area (Å²) >= 11 is 31.3. The predicted molar refractivity (Wildman–Crippen MR) is 136 cm³/mol. The number of hydrogen-bond acceptors (Lipinski definition) is 4. The normalized spacial score (nSPS) is 18.3. The molecule has 3 aromatic rings. The van der Waals surface area contributed by atoms with Gasteiger partial charge < -0.3 is 10.1 Å². The molecule has 0 saturated heterocycles. The van der Waals surface area contributed by atoms with E-state index >= 15 is 0 Å². The molecular formula is C24H17Cl5N2O3. The first-order valence-electron chi connectivity index (χ1n) is 10.1. The van der Waals surface area contributed by atoms with Gasteiger partial charge in [0.15, 0.2) is 5.78 Å². The van der Waals surface area contributed by atoms with Gasteiger partial charge in [0.25, 0.3) is 0 Å². The van der Waals surface area contributed by atoms with E-state index < -0.39 is 22.1 Å². The van der Waals surface area contributed by atoms with Crippen molar-refractivity contribution in [1.82, 2.24) is 4.98 Å². The van der Waals surface area contributed by atoms with Crippen LogP contribution in [-0.2, 0) is 11.2 Å². The fraction of sp³-hybridized carbons (Fsp3) is 0.208. The Morgan fingerprint density at radius 2 is 1.74 bits per heavy atom. The highest BCUT2D eigenvalue weighted by Crippen LogP contribution is 2.65. The minimum atomic E-state index is -1.32. The number of pyridine rings is 1. The number of alkyl halides is 2. The average Bonchev–Trinajstić information content (AvgIpc) is 3.36. The van der Waals surface area contributed by atoms with Crippen LogP contribution < -0.4 is 10.1 Å². The molecule has 4 rings (SSSR count). The number of carbonyl (C=O) groups is 2. The van der Waals surface area contributed by atoms with E-state index in [1.165, 1.54) is 13.2 Å². The second-order valence-corrected chi connectivity index (χ2v) is 10.5. The summed E-state index contributed by atoms with van der Waals surface area (Å²) in [5.74, 6) is -1.43. The maximum absolute atomic E-state index is 13.0. The topological polar surface area (TPSA) is 68.3 Å². The number of rotatable bonds is 7. The van der Waals surface area contributed by atoms with Crippen LogP contribution in [-0.4, -0.2) is 28.1 Å². The molecule has 1 heterocycles. The van der Waals surface area contributed by atoms with E-state index in [9.17, 15) is 9.59 Å². The van der Waals surface area contributed by atoms with Crippen LogP contribution in [0.5, 0.6) is 5.88 Å². The maximum Gasteiger partial charge on any atom is 0.231 e. The maximum atomic E-state index is 13.0. The number of aromatic nitrogens is 1. The number of hydrogen-bond donors (Lipinski definition) is 1. The van der Waals surface area contributed by atoms with E-state index in [-0.39, 0.29) is 22.8 Å². The molecule has 0 radical (unpaired) electrons. The zero-order valence-corrected chi connectivity index (χ0v) is 21.4. The van der Waals surface area contributed by atoms with E-state index in [1.54, 1.807) is 48.7 Å². The van der Waals surface area contributed by atoms with Crippen LogP contribution in [0.25, 0.3) is 0 Å². The second-order valence-electron chi connectivity index (χ2n) is 7.82. The molecule has 0 spiro atoms. The third-order valence-electron chi connectivity index (χ3n) is 5.49. The first kappa shape index (κ1) is 25.1. The standard InChI is InChI=1S/C24H17Cl5N2O3/c1-34-20-7-12(4-5-30-20)6-19(32)17-11-16(2-3-18(17)27)31-23(33)22-21(24(22,28)29)13-8-14(25)10-15(26)9-13/h2-5,7-11,21-22H,6H2,1H3,(H,31,33). The number of methoxy groups -OCH3 is 1. The summed E-state index contributed by atoms with van der Waals surface area (Å²) in [4.78, 5) is 29.9. The molecule has 34 heavy (non-hydrogen) atoms. The Labute approximate surface area is 221 Å². The van der Waals surface area contributed by atoms with E-state index in [1.807, 2.05) is 0 Å². The van der Waals surface area contributed by atoms with Crippen molar-refractivity contribution in [3.8, 4) is 5.88 Å². The third kappa shape index (κ3) is 5.29. The molecule has 2 atom stereocenters. The van der Waals surface area contributed by atoms with Gasteiger partial charge in [-0.15, -0.1) is 23.2 Å². The number of nitrogens with one attached hydrogen (secondary N) is 1. The quantitative estimate of drug-likeness (QED) is 0.250. The third-order valence-corrected chi connectivity index (χ3v) is 7.19. The molecule has 2 unspecified atom stereocenters. The molecule has 176 valence electrons. The Hall–Kier alpha value is -2.02. The van der Waals surface area contributed by atoms with Crippen LogP contribution >= 0.6 is 58.0 Å². The zero-order valence-electron chi connectivity index (χ0n) is 17.6. The lowest BCUT2D eigenvalue weighted by Gasteiger charge is -2.10. The fourth-order valence-corrected chi connectivity index (χ4v) is 5.41. The van der Waals surface area contributed by atoms with Gasteiger partial charge in [-0.05, 0) is 53.6 Å². The molecular weight excluding hydrogens is 542 g/mol. The molecule has 2 aromatic carbocycles. The Balaban J connectivity index is 1.50. The highest BCUT2D eigenvalue weighted by atomic mass is 35.5. The highest BCUT2D eigenvalue weighted by Gasteiger charge is 2.67. The van der Waals surface area contributed by atoms with Crippen molar-refractivity contribution in [2.75, 3.05) is 12.4 Å². The molecule has 1 saturated carbocycles. The monoisotopic (exact) mass is 556 g/mol. The summed E-state index contributed by atoms with van der Waals surface area (Å²) in [6.07, 6.45) is 1.64. The molecule has 5 nitrogen and oxygen atoms in total. The lowest BCUT2D eigenvalue weighted by molar-refractivity contribution is -0.117. The van der Waals surface area contributed by atoms with E-state index in [2.05, 4.69) is 10.3 Å². The van der Waals surface area contributed by atoms with Gasteiger partial charge >= 0.3 is 0 Å². The summed E-state index contributed by atoms with van der Waals surface area (Å²) in [5, 5.41) is 3.89. The number of halogens is 5. The van der Waals surface area contributed by atoms with Crippen LogP contribution in [0, 0.1) is 5.92 Å². The molecule has 1 amide bonds. The van der Waals surface area contributed by atoms with Crippen LogP contribution in [0.4, 0.5) is 5.69 Å². The first-order valence-corrected chi connectivity index (χ1v) is 12.0. The van der Waals surface area contributed by atoms with Crippen molar-refractivity contribution in [1.29, 1.82) is 0 Å². The van der Waals surface area contributed by atoms with Crippen molar-refractivity contribution in [2.45, 2.75) is 16.7 Å². The van der Waals surface area contributed by atoms with Gasteiger partial charge in [0, 0.05) is 45.9 Å².